The Labute approximate surface area is 197 Å². The number of carboxylic acids is 1. The van der Waals surface area contributed by atoms with E-state index < -0.39 is 5.97 Å². The fourth-order valence-electron chi connectivity index (χ4n) is 3.97. The Bertz CT molecular complexity index is 1360. The summed E-state index contributed by atoms with van der Waals surface area (Å²) in [7, 11) is 0. The van der Waals surface area contributed by atoms with E-state index in [1.807, 2.05) is 51.2 Å². The summed E-state index contributed by atoms with van der Waals surface area (Å²) in [5.41, 5.74) is 2.83. The van der Waals surface area contributed by atoms with Crippen molar-refractivity contribution in [2.45, 2.75) is 46.3 Å². The Morgan fingerprint density at radius 2 is 2.09 bits per heavy atom. The molecule has 0 spiro atoms. The molecule has 1 unspecified atom stereocenters. The van der Waals surface area contributed by atoms with E-state index in [4.69, 9.17) is 9.26 Å². The highest BCUT2D eigenvalue weighted by molar-refractivity contribution is 5.94. The van der Waals surface area contributed by atoms with E-state index in [0.717, 1.165) is 16.5 Å². The van der Waals surface area contributed by atoms with Crippen LogP contribution in [0.5, 0.6) is 5.75 Å². The Kier molecular flexibility index (Phi) is 6.64. The molecule has 2 aromatic carbocycles. The van der Waals surface area contributed by atoms with Gasteiger partial charge in [-0.05, 0) is 57.0 Å². The van der Waals surface area contributed by atoms with E-state index >= 15 is 0 Å². The normalized spacial score (nSPS) is 12.1. The lowest BCUT2D eigenvalue weighted by atomic mass is 10.0. The van der Waals surface area contributed by atoms with E-state index in [-0.39, 0.29) is 12.0 Å². The van der Waals surface area contributed by atoms with Crippen LogP contribution in [-0.2, 0) is 11.3 Å². The van der Waals surface area contributed by atoms with Crippen molar-refractivity contribution in [3.05, 3.63) is 54.2 Å². The zero-order valence-electron chi connectivity index (χ0n) is 19.4. The van der Waals surface area contributed by atoms with Gasteiger partial charge < -0.3 is 18.9 Å². The number of hydrogen-bond donors (Lipinski definition) is 1. The minimum absolute atomic E-state index is 0.0438. The zero-order valence-corrected chi connectivity index (χ0v) is 19.4. The third-order valence-electron chi connectivity index (χ3n) is 5.75. The molecule has 0 saturated heterocycles. The zero-order chi connectivity index (χ0) is 24.2. The molecule has 4 rings (SSSR count). The van der Waals surface area contributed by atoms with Crippen LogP contribution in [0.2, 0.25) is 0 Å². The minimum atomic E-state index is -0.762. The van der Waals surface area contributed by atoms with E-state index in [9.17, 15) is 15.2 Å². The second kappa shape index (κ2) is 9.79. The molecule has 0 fully saturated rings. The lowest BCUT2D eigenvalue weighted by Crippen LogP contribution is -2.15. The van der Waals surface area contributed by atoms with E-state index in [1.54, 1.807) is 18.2 Å². The maximum absolute atomic E-state index is 11.4. The number of hydrogen-bond acceptors (Lipinski definition) is 6. The van der Waals surface area contributed by atoms with Crippen LogP contribution in [0.15, 0.2) is 53.2 Å². The quantitative estimate of drug-likeness (QED) is 0.351. The van der Waals surface area contributed by atoms with Gasteiger partial charge >= 0.3 is 5.97 Å². The second-order valence-corrected chi connectivity index (χ2v) is 8.39. The SMILES string of the molecule is CCC(CCn1ccc2c(-c3noc(-c4ccc(OC(C)C)c(C#N)c4)n3)cccc21)C(=O)O. The van der Waals surface area contributed by atoms with Crippen LogP contribution in [0, 0.1) is 17.2 Å². The standard InChI is InChI=1S/C26H26N4O4/c1-4-17(26(31)32)10-12-30-13-11-20-21(6-5-7-22(20)30)24-28-25(34-29-24)18-8-9-23(33-16(2)3)19(14-18)15-27/h5-9,11,13-14,16-17H,4,10,12H2,1-3H3,(H,31,32). The number of nitriles is 1. The van der Waals surface area contributed by atoms with Crippen molar-refractivity contribution in [2.24, 2.45) is 5.92 Å². The third kappa shape index (κ3) is 4.64. The van der Waals surface area contributed by atoms with E-state index in [2.05, 4.69) is 20.8 Å². The van der Waals surface area contributed by atoms with Gasteiger partial charge in [0.05, 0.1) is 17.6 Å². The lowest BCUT2D eigenvalue weighted by molar-refractivity contribution is -0.142. The number of rotatable bonds is 9. The van der Waals surface area contributed by atoms with Gasteiger partial charge in [0.25, 0.3) is 5.89 Å². The van der Waals surface area contributed by atoms with Crippen molar-refractivity contribution in [3.63, 3.8) is 0 Å². The van der Waals surface area contributed by atoms with Crippen molar-refractivity contribution in [2.75, 3.05) is 0 Å². The number of aryl methyl sites for hydroxylation is 1. The van der Waals surface area contributed by atoms with Crippen LogP contribution in [0.1, 0.15) is 39.2 Å². The first-order valence-corrected chi connectivity index (χ1v) is 11.3. The molecule has 8 heteroatoms. The topological polar surface area (TPSA) is 114 Å². The molecule has 174 valence electrons. The first kappa shape index (κ1) is 23.1. The van der Waals surface area contributed by atoms with Crippen LogP contribution in [0.3, 0.4) is 0 Å². The molecule has 2 heterocycles. The van der Waals surface area contributed by atoms with Gasteiger partial charge in [0.1, 0.15) is 11.8 Å². The van der Waals surface area contributed by atoms with Crippen molar-refractivity contribution < 1.29 is 19.2 Å². The van der Waals surface area contributed by atoms with Gasteiger partial charge in [-0.15, -0.1) is 0 Å². The van der Waals surface area contributed by atoms with Gasteiger partial charge in [-0.2, -0.15) is 10.2 Å². The summed E-state index contributed by atoms with van der Waals surface area (Å²) >= 11 is 0. The molecule has 0 aliphatic rings. The first-order chi connectivity index (χ1) is 16.4. The van der Waals surface area contributed by atoms with Crippen molar-refractivity contribution in [1.29, 1.82) is 5.26 Å². The third-order valence-corrected chi connectivity index (χ3v) is 5.75. The van der Waals surface area contributed by atoms with Crippen LogP contribution in [-0.4, -0.2) is 31.9 Å². The van der Waals surface area contributed by atoms with Crippen LogP contribution in [0.25, 0.3) is 33.7 Å². The number of fused-ring (bicyclic) bond motifs is 1. The molecule has 1 N–H and O–H groups in total. The molecule has 0 bridgehead atoms. The lowest BCUT2D eigenvalue weighted by Gasteiger charge is -2.11. The second-order valence-electron chi connectivity index (χ2n) is 8.39. The Balaban J connectivity index is 1.62. The summed E-state index contributed by atoms with van der Waals surface area (Å²) in [4.78, 5) is 15.9. The van der Waals surface area contributed by atoms with Gasteiger partial charge in [-0.25, -0.2) is 0 Å². The summed E-state index contributed by atoms with van der Waals surface area (Å²) in [5.74, 6) is 0.140. The summed E-state index contributed by atoms with van der Waals surface area (Å²) in [5, 5.41) is 24.0. The predicted molar refractivity (Wildman–Crippen MR) is 127 cm³/mol. The average molecular weight is 459 g/mol. The summed E-state index contributed by atoms with van der Waals surface area (Å²) in [6.07, 6.45) is 3.07. The maximum atomic E-state index is 11.4. The molecule has 0 amide bonds. The molecule has 0 radical (unpaired) electrons. The highest BCUT2D eigenvalue weighted by Gasteiger charge is 2.18. The number of ether oxygens (including phenoxy) is 1. The largest absolute Gasteiger partial charge is 0.490 e. The fourth-order valence-corrected chi connectivity index (χ4v) is 3.97. The average Bonchev–Trinajstić information content (AvgIpc) is 3.47. The fraction of sp³-hybridized carbons (Fsp3) is 0.308. The highest BCUT2D eigenvalue weighted by atomic mass is 16.5. The molecule has 2 aromatic heterocycles. The molecule has 1 atom stereocenters. The summed E-state index contributed by atoms with van der Waals surface area (Å²) in [6, 6.07) is 15.2. The van der Waals surface area contributed by atoms with Gasteiger partial charge in [0, 0.05) is 34.8 Å². The van der Waals surface area contributed by atoms with E-state index in [1.165, 1.54) is 0 Å². The van der Waals surface area contributed by atoms with Crippen LogP contribution < -0.4 is 4.74 Å². The number of carboxylic acid groups (broad SMARTS) is 1. The Morgan fingerprint density at radius 1 is 1.26 bits per heavy atom. The summed E-state index contributed by atoms with van der Waals surface area (Å²) in [6.45, 7) is 6.31. The molecule has 8 nitrogen and oxygen atoms in total. The Morgan fingerprint density at radius 3 is 2.79 bits per heavy atom. The number of nitrogens with zero attached hydrogens (tertiary/aromatic N) is 4. The smallest absolute Gasteiger partial charge is 0.306 e. The van der Waals surface area contributed by atoms with Gasteiger partial charge in [-0.3, -0.25) is 4.79 Å². The van der Waals surface area contributed by atoms with Crippen LogP contribution in [0.4, 0.5) is 0 Å². The molecule has 0 aliphatic carbocycles. The maximum Gasteiger partial charge on any atom is 0.306 e. The van der Waals surface area contributed by atoms with Crippen molar-refractivity contribution in [1.82, 2.24) is 14.7 Å². The molecular weight excluding hydrogens is 432 g/mol. The number of aromatic nitrogens is 3. The van der Waals surface area contributed by atoms with Gasteiger partial charge in [0.15, 0.2) is 0 Å². The Hall–Kier alpha value is -4.12. The highest BCUT2D eigenvalue weighted by Crippen LogP contribution is 2.31. The number of aliphatic carboxylic acids is 1. The molecule has 34 heavy (non-hydrogen) atoms. The van der Waals surface area contributed by atoms with Crippen molar-refractivity contribution in [3.8, 4) is 34.7 Å². The minimum Gasteiger partial charge on any atom is -0.490 e. The first-order valence-electron chi connectivity index (χ1n) is 11.3. The predicted octanol–water partition coefficient (Wildman–Crippen LogP) is 5.52. The monoisotopic (exact) mass is 458 g/mol. The molecule has 0 aliphatic heterocycles. The van der Waals surface area contributed by atoms with E-state index in [0.29, 0.717) is 48.0 Å². The number of benzene rings is 2. The molecule has 4 aromatic rings. The summed E-state index contributed by atoms with van der Waals surface area (Å²) < 4.78 is 13.3. The van der Waals surface area contributed by atoms with Crippen LogP contribution >= 0.6 is 0 Å². The molecule has 0 saturated carbocycles. The van der Waals surface area contributed by atoms with Crippen molar-refractivity contribution >= 4 is 16.9 Å². The number of carbonyl (C=O) groups is 1. The molecular formula is C26H26N4O4. The van der Waals surface area contributed by atoms with Gasteiger partial charge in [0.2, 0.25) is 5.82 Å². The van der Waals surface area contributed by atoms with Gasteiger partial charge in [-0.1, -0.05) is 24.2 Å².